The minimum atomic E-state index is -3.71. The molecule has 0 aliphatic carbocycles. The molecule has 0 unspecified atom stereocenters. The maximum Gasteiger partial charge on any atom is 0.202 e. The van der Waals surface area contributed by atoms with Gasteiger partial charge in [-0.3, -0.25) is 0 Å². The lowest BCUT2D eigenvalue weighted by Crippen LogP contribution is -2.11. The van der Waals surface area contributed by atoms with Crippen molar-refractivity contribution in [1.29, 1.82) is 0 Å². The highest BCUT2D eigenvalue weighted by Crippen LogP contribution is 2.28. The number of aromatic nitrogens is 1. The van der Waals surface area contributed by atoms with Gasteiger partial charge in [-0.15, -0.1) is 0 Å². The molecule has 0 bridgehead atoms. The molecule has 0 fully saturated rings. The van der Waals surface area contributed by atoms with Crippen LogP contribution in [0.5, 0.6) is 0 Å². The summed E-state index contributed by atoms with van der Waals surface area (Å²) in [6.07, 6.45) is 1.51. The van der Waals surface area contributed by atoms with Gasteiger partial charge in [0, 0.05) is 0 Å². The second-order valence-corrected chi connectivity index (χ2v) is 7.13. The summed E-state index contributed by atoms with van der Waals surface area (Å²) in [6.45, 7) is 6.23. The van der Waals surface area contributed by atoms with Gasteiger partial charge in [-0.05, 0) is 28.9 Å². The van der Waals surface area contributed by atoms with Gasteiger partial charge < -0.3 is 9.71 Å². The average molecular weight is 289 g/mol. The Morgan fingerprint density at radius 2 is 1.65 bits per heavy atom. The zero-order chi connectivity index (χ0) is 14.8. The van der Waals surface area contributed by atoms with Gasteiger partial charge in [0.15, 0.2) is 0 Å². The van der Waals surface area contributed by atoms with Gasteiger partial charge in [-0.1, -0.05) is 57.3 Å². The Morgan fingerprint density at radius 3 is 2.15 bits per heavy atom. The van der Waals surface area contributed by atoms with Crippen LogP contribution < -0.4 is 0 Å². The third kappa shape index (κ3) is 3.36. The summed E-state index contributed by atoms with van der Waals surface area (Å²) >= 11 is 0. The molecule has 2 aromatic rings. The van der Waals surface area contributed by atoms with E-state index in [0.29, 0.717) is 0 Å². The van der Waals surface area contributed by atoms with E-state index in [1.54, 1.807) is 30.3 Å². The quantitative estimate of drug-likeness (QED) is 0.864. The van der Waals surface area contributed by atoms with Crippen LogP contribution in [0.4, 0.5) is 5.82 Å². The van der Waals surface area contributed by atoms with Crippen LogP contribution in [-0.4, -0.2) is 13.4 Å². The van der Waals surface area contributed by atoms with Crippen LogP contribution in [0.25, 0.3) is 4.72 Å². The number of benzene rings is 1. The van der Waals surface area contributed by atoms with Crippen molar-refractivity contribution in [3.63, 3.8) is 0 Å². The largest absolute Gasteiger partial charge is 0.442 e. The molecule has 1 aromatic carbocycles. The zero-order valence-electron chi connectivity index (χ0n) is 11.7. The van der Waals surface area contributed by atoms with Crippen LogP contribution in [0.15, 0.2) is 53.6 Å². The number of hydrogen-bond acceptors (Lipinski definition) is 3. The van der Waals surface area contributed by atoms with Crippen LogP contribution in [0, 0.1) is 0 Å². The Morgan fingerprint density at radius 1 is 1.00 bits per heavy atom. The minimum absolute atomic E-state index is 0.0135. The van der Waals surface area contributed by atoms with Crippen LogP contribution in [0.1, 0.15) is 26.3 Å². The van der Waals surface area contributed by atoms with Gasteiger partial charge in [0.2, 0.25) is 10.0 Å². The molecule has 4 nitrogen and oxygen atoms in total. The van der Waals surface area contributed by atoms with Crippen molar-refractivity contribution in [2.75, 3.05) is 0 Å². The number of hydrogen-bond donors (Lipinski definition) is 0. The predicted molar refractivity (Wildman–Crippen MR) is 79.6 cm³/mol. The molecule has 0 saturated heterocycles. The third-order valence-electron chi connectivity index (χ3n) is 2.88. The fourth-order valence-electron chi connectivity index (χ4n) is 1.71. The minimum Gasteiger partial charge on any atom is -0.442 e. The topological polar surface area (TPSA) is 61.1 Å². The third-order valence-corrected chi connectivity index (χ3v) is 4.18. The van der Waals surface area contributed by atoms with Crippen molar-refractivity contribution in [2.45, 2.75) is 31.1 Å². The SMILES string of the molecule is CC(C)(C)c1ccc(S(=O)(=O)[N-]c2ccccn2)cc1. The molecule has 106 valence electrons. The first kappa shape index (κ1) is 14.5. The Kier molecular flexibility index (Phi) is 3.81. The smallest absolute Gasteiger partial charge is 0.202 e. The molecule has 1 aromatic heterocycles. The first-order valence-electron chi connectivity index (χ1n) is 6.29. The lowest BCUT2D eigenvalue weighted by Gasteiger charge is -2.20. The average Bonchev–Trinajstić information content (AvgIpc) is 2.38. The molecular formula is C15H17N2O2S-. The Bertz CT molecular complexity index is 672. The highest BCUT2D eigenvalue weighted by Gasteiger charge is 2.15. The van der Waals surface area contributed by atoms with Crippen molar-refractivity contribution in [2.24, 2.45) is 0 Å². The van der Waals surface area contributed by atoms with E-state index in [-0.39, 0.29) is 16.1 Å². The molecule has 20 heavy (non-hydrogen) atoms. The van der Waals surface area contributed by atoms with Crippen LogP contribution in [0.3, 0.4) is 0 Å². The van der Waals surface area contributed by atoms with E-state index in [1.807, 2.05) is 12.1 Å². The number of nitrogens with zero attached hydrogens (tertiary/aromatic N) is 2. The molecule has 0 spiro atoms. The fourth-order valence-corrected chi connectivity index (χ4v) is 2.65. The second kappa shape index (κ2) is 5.25. The van der Waals surface area contributed by atoms with E-state index in [1.165, 1.54) is 6.20 Å². The van der Waals surface area contributed by atoms with Gasteiger partial charge in [0.05, 0.1) is 4.90 Å². The molecule has 0 amide bonds. The monoisotopic (exact) mass is 289 g/mol. The summed E-state index contributed by atoms with van der Waals surface area (Å²) in [7, 11) is -3.71. The second-order valence-electron chi connectivity index (χ2n) is 5.53. The van der Waals surface area contributed by atoms with Gasteiger partial charge in [0.25, 0.3) is 0 Å². The van der Waals surface area contributed by atoms with Gasteiger partial charge in [-0.2, -0.15) is 0 Å². The van der Waals surface area contributed by atoms with E-state index in [2.05, 4.69) is 30.5 Å². The fraction of sp³-hybridized carbons (Fsp3) is 0.267. The van der Waals surface area contributed by atoms with E-state index in [9.17, 15) is 8.42 Å². The lowest BCUT2D eigenvalue weighted by atomic mass is 9.87. The predicted octanol–water partition coefficient (Wildman–Crippen LogP) is 3.77. The summed E-state index contributed by atoms with van der Waals surface area (Å²) < 4.78 is 28.0. The standard InChI is InChI=1S/C15H17N2O2S/c1-15(2,3)12-7-9-13(10-8-12)20(18,19)17-14-6-4-5-11-16-14/h4-11H,1-3H3/q-1. The molecule has 1 heterocycles. The highest BCUT2D eigenvalue weighted by atomic mass is 32.2. The van der Waals surface area contributed by atoms with Crippen LogP contribution >= 0.6 is 0 Å². The summed E-state index contributed by atoms with van der Waals surface area (Å²) in [5.41, 5.74) is 1.06. The lowest BCUT2D eigenvalue weighted by molar-refractivity contribution is 0.587. The first-order chi connectivity index (χ1) is 9.29. The zero-order valence-corrected chi connectivity index (χ0v) is 12.6. The van der Waals surface area contributed by atoms with Gasteiger partial charge in [-0.25, -0.2) is 8.42 Å². The number of pyridine rings is 1. The molecule has 0 saturated carbocycles. The van der Waals surface area contributed by atoms with E-state index >= 15 is 0 Å². The summed E-state index contributed by atoms with van der Waals surface area (Å²) in [5, 5.41) is 0. The summed E-state index contributed by atoms with van der Waals surface area (Å²) in [6, 6.07) is 11.8. The molecule has 5 heteroatoms. The van der Waals surface area contributed by atoms with Crippen molar-refractivity contribution in [3.8, 4) is 0 Å². The molecular weight excluding hydrogens is 272 g/mol. The Hall–Kier alpha value is -1.88. The maximum absolute atomic E-state index is 12.2. The molecule has 0 atom stereocenters. The normalized spacial score (nSPS) is 12.2. The van der Waals surface area contributed by atoms with Crippen molar-refractivity contribution in [1.82, 2.24) is 4.98 Å². The summed E-state index contributed by atoms with van der Waals surface area (Å²) in [4.78, 5) is 4.08. The maximum atomic E-state index is 12.2. The molecule has 0 aliphatic heterocycles. The van der Waals surface area contributed by atoms with E-state index < -0.39 is 10.0 Å². The van der Waals surface area contributed by atoms with Crippen molar-refractivity contribution in [3.05, 3.63) is 58.9 Å². The Balaban J connectivity index is 2.27. The van der Waals surface area contributed by atoms with Crippen LogP contribution in [0.2, 0.25) is 0 Å². The highest BCUT2D eigenvalue weighted by molar-refractivity contribution is 7.94. The van der Waals surface area contributed by atoms with Crippen molar-refractivity contribution < 1.29 is 8.42 Å². The molecule has 0 aliphatic rings. The first-order valence-corrected chi connectivity index (χ1v) is 7.73. The van der Waals surface area contributed by atoms with E-state index in [4.69, 9.17) is 0 Å². The molecule has 0 radical (unpaired) electrons. The van der Waals surface area contributed by atoms with Crippen molar-refractivity contribution >= 4 is 15.8 Å². The van der Waals surface area contributed by atoms with Gasteiger partial charge in [0.1, 0.15) is 0 Å². The van der Waals surface area contributed by atoms with Gasteiger partial charge >= 0.3 is 0 Å². The van der Waals surface area contributed by atoms with Crippen LogP contribution in [-0.2, 0) is 15.4 Å². The molecule has 0 N–H and O–H groups in total. The number of rotatable bonds is 3. The molecule has 2 rings (SSSR count). The summed E-state index contributed by atoms with van der Waals surface area (Å²) in [5.74, 6) is 0.187. The van der Waals surface area contributed by atoms with E-state index in [0.717, 1.165) is 5.56 Å². The number of sulfonamides is 1. The Labute approximate surface area is 119 Å².